The van der Waals surface area contributed by atoms with Crippen LogP contribution in [0.1, 0.15) is 23.2 Å². The highest BCUT2D eigenvalue weighted by Crippen LogP contribution is 2.43. The quantitative estimate of drug-likeness (QED) is 0.554. The van der Waals surface area contributed by atoms with Crippen LogP contribution in [0, 0.1) is 0 Å². The van der Waals surface area contributed by atoms with Crippen molar-refractivity contribution >= 4 is 25.2 Å². The van der Waals surface area contributed by atoms with Crippen LogP contribution >= 0.6 is 7.59 Å². The van der Waals surface area contributed by atoms with Gasteiger partial charge in [-0.25, -0.2) is 10.3 Å². The fourth-order valence-electron chi connectivity index (χ4n) is 2.23. The minimum Gasteiger partial charge on any atom is -0.465 e. The summed E-state index contributed by atoms with van der Waals surface area (Å²) in [5.74, 6) is -0.893. The number of methoxy groups -OCH3 is 1. The Kier molecular flexibility index (Phi) is 4.85. The van der Waals surface area contributed by atoms with Crippen LogP contribution < -0.4 is 16.3 Å². The number of nitrogens with zero attached hydrogens (tertiary/aromatic N) is 1. The molecule has 2 atom stereocenters. The summed E-state index contributed by atoms with van der Waals surface area (Å²) in [7, 11) is -2.31. The first kappa shape index (κ1) is 16.5. The van der Waals surface area contributed by atoms with Crippen LogP contribution in [-0.4, -0.2) is 36.2 Å². The van der Waals surface area contributed by atoms with Crippen molar-refractivity contribution in [3.63, 3.8) is 0 Å². The molecule has 1 saturated heterocycles. The second-order valence-corrected chi connectivity index (χ2v) is 6.97. The molecular formula is C13H19N4O4P. The zero-order chi connectivity index (χ0) is 16.3. The van der Waals surface area contributed by atoms with E-state index in [1.165, 1.54) is 19.2 Å². The zero-order valence-corrected chi connectivity index (χ0v) is 13.1. The first-order valence-corrected chi connectivity index (χ1v) is 8.51. The summed E-state index contributed by atoms with van der Waals surface area (Å²) < 4.78 is 18.3. The van der Waals surface area contributed by atoms with E-state index in [2.05, 4.69) is 9.82 Å². The van der Waals surface area contributed by atoms with Gasteiger partial charge in [-0.1, -0.05) is 0 Å². The maximum Gasteiger partial charge on any atom is 0.337 e. The van der Waals surface area contributed by atoms with Crippen molar-refractivity contribution in [1.82, 2.24) is 4.67 Å². The second-order valence-electron chi connectivity index (χ2n) is 5.01. The van der Waals surface area contributed by atoms with E-state index in [1.807, 2.05) is 0 Å². The minimum atomic E-state index is -3.59. The number of amides is 1. The first-order chi connectivity index (χ1) is 10.3. The molecule has 0 bridgehead atoms. The summed E-state index contributed by atoms with van der Waals surface area (Å²) >= 11 is 0. The normalized spacial score (nSPS) is 21.1. The van der Waals surface area contributed by atoms with Gasteiger partial charge in [0.15, 0.2) is 0 Å². The summed E-state index contributed by atoms with van der Waals surface area (Å²) in [6.07, 6.45) is 1.21. The topological polar surface area (TPSA) is 128 Å². The fourth-order valence-corrected chi connectivity index (χ4v) is 3.74. The Hall–Kier alpha value is -1.89. The molecule has 1 unspecified atom stereocenters. The Balaban J connectivity index is 2.13. The molecule has 1 aromatic rings. The molecule has 5 N–H and O–H groups in total. The number of carbonyl (C=O) groups is 2. The number of esters is 1. The molecule has 0 spiro atoms. The molecule has 2 rings (SSSR count). The van der Waals surface area contributed by atoms with Gasteiger partial charge in [-0.2, -0.15) is 0 Å². The second kappa shape index (κ2) is 6.48. The first-order valence-electron chi connectivity index (χ1n) is 6.78. The Morgan fingerprint density at radius 1 is 1.41 bits per heavy atom. The number of anilines is 1. The van der Waals surface area contributed by atoms with Gasteiger partial charge >= 0.3 is 13.6 Å². The van der Waals surface area contributed by atoms with Crippen molar-refractivity contribution in [2.24, 2.45) is 11.2 Å². The number of benzene rings is 1. The molecule has 1 aliphatic rings. The molecule has 120 valence electrons. The molecule has 0 aromatic heterocycles. The molecular weight excluding hydrogens is 307 g/mol. The van der Waals surface area contributed by atoms with Gasteiger partial charge in [0.25, 0.3) is 0 Å². The van der Waals surface area contributed by atoms with Gasteiger partial charge in [-0.3, -0.25) is 14.0 Å². The number of ether oxygens (including phenoxy) is 1. The van der Waals surface area contributed by atoms with Gasteiger partial charge in [-0.15, -0.1) is 0 Å². The van der Waals surface area contributed by atoms with Gasteiger partial charge < -0.3 is 15.6 Å². The summed E-state index contributed by atoms with van der Waals surface area (Å²) in [6, 6.07) is 5.44. The molecule has 0 radical (unpaired) electrons. The summed E-state index contributed by atoms with van der Waals surface area (Å²) in [6.45, 7) is 0.299. The zero-order valence-electron chi connectivity index (χ0n) is 12.2. The van der Waals surface area contributed by atoms with Gasteiger partial charge in [0.2, 0.25) is 5.91 Å². The average molecular weight is 326 g/mol. The van der Waals surface area contributed by atoms with Crippen molar-refractivity contribution < 1.29 is 18.9 Å². The van der Waals surface area contributed by atoms with Crippen LogP contribution in [0.2, 0.25) is 0 Å². The van der Waals surface area contributed by atoms with Crippen LogP contribution in [0.25, 0.3) is 0 Å². The summed E-state index contributed by atoms with van der Waals surface area (Å²) in [5.41, 5.74) is 12.3. The van der Waals surface area contributed by atoms with Gasteiger partial charge in [-0.05, 0) is 37.1 Å². The van der Waals surface area contributed by atoms with Crippen LogP contribution in [0.3, 0.4) is 0 Å². The fraction of sp³-hybridized carbons (Fsp3) is 0.385. The third-order valence-corrected chi connectivity index (χ3v) is 5.10. The Bertz CT molecular complexity index is 619. The molecule has 8 nitrogen and oxygen atoms in total. The van der Waals surface area contributed by atoms with E-state index >= 15 is 0 Å². The van der Waals surface area contributed by atoms with Crippen LogP contribution in [-0.2, 0) is 14.1 Å². The average Bonchev–Trinajstić information content (AvgIpc) is 2.49. The molecule has 1 aliphatic heterocycles. The largest absolute Gasteiger partial charge is 0.465 e. The van der Waals surface area contributed by atoms with E-state index in [0.29, 0.717) is 30.6 Å². The van der Waals surface area contributed by atoms with E-state index in [0.717, 1.165) is 4.67 Å². The summed E-state index contributed by atoms with van der Waals surface area (Å²) in [4.78, 5) is 23.3. The van der Waals surface area contributed by atoms with Crippen LogP contribution in [0.5, 0.6) is 0 Å². The lowest BCUT2D eigenvalue weighted by atomic mass is 10.1. The highest BCUT2D eigenvalue weighted by atomic mass is 31.2. The third-order valence-electron chi connectivity index (χ3n) is 3.41. The smallest absolute Gasteiger partial charge is 0.337 e. The maximum absolute atomic E-state index is 12.6. The molecule has 1 heterocycles. The Labute approximate surface area is 128 Å². The van der Waals surface area contributed by atoms with Crippen molar-refractivity contribution in [1.29, 1.82) is 0 Å². The van der Waals surface area contributed by atoms with Gasteiger partial charge in [0.05, 0.1) is 18.7 Å². The van der Waals surface area contributed by atoms with Gasteiger partial charge in [0, 0.05) is 12.2 Å². The van der Waals surface area contributed by atoms with E-state index in [1.54, 1.807) is 12.1 Å². The number of piperidine rings is 1. The predicted molar refractivity (Wildman–Crippen MR) is 82.1 cm³/mol. The molecule has 1 fully saturated rings. The summed E-state index contributed by atoms with van der Waals surface area (Å²) in [5, 5.41) is 2.65. The van der Waals surface area contributed by atoms with E-state index < -0.39 is 25.5 Å². The molecule has 1 aromatic carbocycles. The lowest BCUT2D eigenvalue weighted by Crippen LogP contribution is -2.48. The number of carbonyl (C=O) groups excluding carboxylic acids is 2. The number of hydrogen-bond acceptors (Lipinski definition) is 5. The highest BCUT2D eigenvalue weighted by molar-refractivity contribution is 7.61. The van der Waals surface area contributed by atoms with Crippen molar-refractivity contribution in [3.05, 3.63) is 29.8 Å². The molecule has 9 heteroatoms. The standard InChI is InChI=1S/C13H19N4O4P/c1-21-13(19)9-4-6-10(7-5-9)16-22(15,20)17-8-2-3-11(14)12(17)18/h4-7,11H,2-3,8,14H2,1H3,(H3,15,16,20)/t11-,22?/m0/s1. The van der Waals surface area contributed by atoms with Crippen molar-refractivity contribution in [2.75, 3.05) is 18.7 Å². The number of hydrogen-bond donors (Lipinski definition) is 3. The minimum absolute atomic E-state index is 0.299. The highest BCUT2D eigenvalue weighted by Gasteiger charge is 2.36. The molecule has 0 aliphatic carbocycles. The van der Waals surface area contributed by atoms with Crippen molar-refractivity contribution in [2.45, 2.75) is 18.9 Å². The molecule has 1 amide bonds. The van der Waals surface area contributed by atoms with E-state index in [9.17, 15) is 14.2 Å². The monoisotopic (exact) mass is 326 g/mol. The lowest BCUT2D eigenvalue weighted by molar-refractivity contribution is -0.129. The predicted octanol–water partition coefficient (Wildman–Crippen LogP) is 0.902. The third kappa shape index (κ3) is 3.47. The number of nitrogens with two attached hydrogens (primary N) is 2. The molecule has 22 heavy (non-hydrogen) atoms. The van der Waals surface area contributed by atoms with E-state index in [-0.39, 0.29) is 0 Å². The van der Waals surface area contributed by atoms with Crippen LogP contribution in [0.4, 0.5) is 5.69 Å². The SMILES string of the molecule is COC(=O)c1ccc(NP(N)(=O)N2CCC[C@H](N)C2=O)cc1. The Morgan fingerprint density at radius 2 is 2.05 bits per heavy atom. The van der Waals surface area contributed by atoms with E-state index in [4.69, 9.17) is 11.2 Å². The number of rotatable bonds is 4. The van der Waals surface area contributed by atoms with Crippen LogP contribution in [0.15, 0.2) is 24.3 Å². The Morgan fingerprint density at radius 3 is 2.64 bits per heavy atom. The lowest BCUT2D eigenvalue weighted by Gasteiger charge is -2.34. The molecule has 0 saturated carbocycles. The maximum atomic E-state index is 12.6. The van der Waals surface area contributed by atoms with Crippen molar-refractivity contribution in [3.8, 4) is 0 Å². The van der Waals surface area contributed by atoms with Gasteiger partial charge in [0.1, 0.15) is 0 Å². The number of nitrogens with one attached hydrogen (secondary N) is 1.